The summed E-state index contributed by atoms with van der Waals surface area (Å²) in [5.74, 6) is 0.0236. The van der Waals surface area contributed by atoms with Crippen molar-refractivity contribution in [1.82, 2.24) is 0 Å². The van der Waals surface area contributed by atoms with E-state index in [0.29, 0.717) is 23.7 Å². The van der Waals surface area contributed by atoms with E-state index in [1.165, 1.54) is 30.2 Å². The molecule has 2 unspecified atom stereocenters. The summed E-state index contributed by atoms with van der Waals surface area (Å²) in [7, 11) is 0. The standard InChI is InChI=1S/C23H24ClNO3/c1-2-16-10-6-7-11-25(16)14-19-22(27)20(24)12-18-17(13-21(26)28-23(18)19)15-8-4-3-5-9-15/h3-5,8-9,12-13,16,27H,2,6-7,10-11,14H2,1H3/p+1. The average Bonchev–Trinajstić information content (AvgIpc) is 2.72. The minimum Gasteiger partial charge on any atom is -0.506 e. The van der Waals surface area contributed by atoms with E-state index >= 15 is 0 Å². The fraction of sp³-hybridized carbons (Fsp3) is 0.348. The lowest BCUT2D eigenvalue weighted by atomic mass is 9.97. The van der Waals surface area contributed by atoms with Gasteiger partial charge in [0.15, 0.2) is 5.58 Å². The Balaban J connectivity index is 1.90. The number of rotatable bonds is 4. The highest BCUT2D eigenvalue weighted by Gasteiger charge is 2.28. The predicted molar refractivity (Wildman–Crippen MR) is 112 cm³/mol. The molecule has 0 bridgehead atoms. The SMILES string of the molecule is CCC1CCCC[NH+]1Cc1c(O)c(Cl)cc2c(-c3ccccc3)cc(=O)oc12. The summed E-state index contributed by atoms with van der Waals surface area (Å²) in [5.41, 5.74) is 2.35. The Morgan fingerprint density at radius 3 is 2.75 bits per heavy atom. The molecule has 1 aromatic heterocycles. The first kappa shape index (κ1) is 19.0. The monoisotopic (exact) mass is 398 g/mol. The first-order valence-corrected chi connectivity index (χ1v) is 10.3. The molecule has 0 saturated carbocycles. The van der Waals surface area contributed by atoms with Crippen LogP contribution in [-0.4, -0.2) is 17.7 Å². The molecule has 146 valence electrons. The average molecular weight is 399 g/mol. The molecule has 5 heteroatoms. The van der Waals surface area contributed by atoms with Crippen LogP contribution < -0.4 is 10.5 Å². The van der Waals surface area contributed by atoms with Gasteiger partial charge in [-0.15, -0.1) is 0 Å². The van der Waals surface area contributed by atoms with Crippen LogP contribution in [0.25, 0.3) is 22.1 Å². The zero-order valence-electron chi connectivity index (χ0n) is 16.0. The summed E-state index contributed by atoms with van der Waals surface area (Å²) in [6.45, 7) is 3.86. The van der Waals surface area contributed by atoms with Gasteiger partial charge in [0.1, 0.15) is 12.3 Å². The lowest BCUT2D eigenvalue weighted by Gasteiger charge is -2.32. The molecule has 1 aliphatic rings. The Kier molecular flexibility index (Phi) is 5.42. The molecule has 2 atom stereocenters. The van der Waals surface area contributed by atoms with E-state index in [1.807, 2.05) is 30.3 Å². The molecule has 2 heterocycles. The molecule has 1 aliphatic heterocycles. The lowest BCUT2D eigenvalue weighted by Crippen LogP contribution is -3.15. The fourth-order valence-electron chi connectivity index (χ4n) is 4.44. The molecule has 1 fully saturated rings. The van der Waals surface area contributed by atoms with E-state index in [1.54, 1.807) is 6.07 Å². The number of phenolic OH excluding ortho intramolecular Hbond substituents is 1. The van der Waals surface area contributed by atoms with Crippen molar-refractivity contribution in [2.45, 2.75) is 45.2 Å². The van der Waals surface area contributed by atoms with Gasteiger partial charge in [0, 0.05) is 11.5 Å². The number of halogens is 1. The number of benzene rings is 2. The maximum absolute atomic E-state index is 12.4. The van der Waals surface area contributed by atoms with Crippen LogP contribution in [0.2, 0.25) is 5.02 Å². The van der Waals surface area contributed by atoms with Gasteiger partial charge in [-0.25, -0.2) is 4.79 Å². The Hall–Kier alpha value is -2.30. The molecule has 0 spiro atoms. The van der Waals surface area contributed by atoms with Crippen LogP contribution >= 0.6 is 11.6 Å². The molecule has 2 N–H and O–H groups in total. The fourth-order valence-corrected chi connectivity index (χ4v) is 4.66. The van der Waals surface area contributed by atoms with Crippen molar-refractivity contribution in [2.75, 3.05) is 6.54 Å². The summed E-state index contributed by atoms with van der Waals surface area (Å²) < 4.78 is 5.61. The molecule has 2 aromatic carbocycles. The summed E-state index contributed by atoms with van der Waals surface area (Å²) in [4.78, 5) is 13.8. The van der Waals surface area contributed by atoms with Crippen molar-refractivity contribution in [1.29, 1.82) is 0 Å². The minimum absolute atomic E-state index is 0.0236. The van der Waals surface area contributed by atoms with Gasteiger partial charge in [-0.05, 0) is 42.9 Å². The number of phenols is 1. The first-order valence-electron chi connectivity index (χ1n) is 9.96. The molecule has 3 aromatic rings. The maximum atomic E-state index is 12.4. The van der Waals surface area contributed by atoms with Crippen LogP contribution in [-0.2, 0) is 6.54 Å². The number of nitrogens with one attached hydrogen (secondary N) is 1. The van der Waals surface area contributed by atoms with E-state index in [0.717, 1.165) is 29.5 Å². The van der Waals surface area contributed by atoms with E-state index in [9.17, 15) is 9.90 Å². The van der Waals surface area contributed by atoms with Crippen LogP contribution in [0.1, 0.15) is 38.2 Å². The normalized spacial score (nSPS) is 19.8. The summed E-state index contributed by atoms with van der Waals surface area (Å²) in [6, 6.07) is 13.5. The highest BCUT2D eigenvalue weighted by Crippen LogP contribution is 2.38. The maximum Gasteiger partial charge on any atom is 0.336 e. The summed E-state index contributed by atoms with van der Waals surface area (Å²) in [6.07, 6.45) is 4.69. The Labute approximate surface area is 169 Å². The predicted octanol–water partition coefficient (Wildman–Crippen LogP) is 4.17. The van der Waals surface area contributed by atoms with E-state index in [4.69, 9.17) is 16.0 Å². The molecule has 0 aliphatic carbocycles. The zero-order valence-corrected chi connectivity index (χ0v) is 16.8. The number of hydrogen-bond acceptors (Lipinski definition) is 3. The molecule has 0 amide bonds. The Morgan fingerprint density at radius 2 is 2.00 bits per heavy atom. The van der Waals surface area contributed by atoms with E-state index in [-0.39, 0.29) is 10.8 Å². The number of likely N-dealkylation sites (tertiary alicyclic amines) is 1. The second kappa shape index (κ2) is 7.98. The summed E-state index contributed by atoms with van der Waals surface area (Å²) in [5, 5.41) is 11.8. The van der Waals surface area contributed by atoms with Gasteiger partial charge in [-0.2, -0.15) is 0 Å². The largest absolute Gasteiger partial charge is 0.506 e. The number of hydrogen-bond donors (Lipinski definition) is 2. The van der Waals surface area contributed by atoms with Crippen molar-refractivity contribution in [2.24, 2.45) is 0 Å². The first-order chi connectivity index (χ1) is 13.6. The minimum atomic E-state index is -0.421. The highest BCUT2D eigenvalue weighted by molar-refractivity contribution is 6.33. The second-order valence-electron chi connectivity index (χ2n) is 7.59. The topological polar surface area (TPSA) is 54.9 Å². The number of aromatic hydroxyl groups is 1. The van der Waals surface area contributed by atoms with Gasteiger partial charge in [0.2, 0.25) is 0 Å². The number of piperidine rings is 1. The third-order valence-electron chi connectivity index (χ3n) is 5.92. The van der Waals surface area contributed by atoms with Gasteiger partial charge in [-0.3, -0.25) is 0 Å². The van der Waals surface area contributed by atoms with Crippen LogP contribution in [0.4, 0.5) is 0 Å². The highest BCUT2D eigenvalue weighted by atomic mass is 35.5. The van der Waals surface area contributed by atoms with Crippen molar-refractivity contribution in [3.8, 4) is 16.9 Å². The molecule has 28 heavy (non-hydrogen) atoms. The van der Waals surface area contributed by atoms with Crippen molar-refractivity contribution in [3.63, 3.8) is 0 Å². The lowest BCUT2D eigenvalue weighted by molar-refractivity contribution is -0.944. The molecule has 0 radical (unpaired) electrons. The van der Waals surface area contributed by atoms with Crippen molar-refractivity contribution < 1.29 is 14.4 Å². The smallest absolute Gasteiger partial charge is 0.336 e. The molecular weight excluding hydrogens is 374 g/mol. The van der Waals surface area contributed by atoms with Gasteiger partial charge < -0.3 is 14.4 Å². The molecular formula is C23H25ClNO3+. The van der Waals surface area contributed by atoms with E-state index < -0.39 is 5.63 Å². The van der Waals surface area contributed by atoms with Crippen molar-refractivity contribution >= 4 is 22.6 Å². The second-order valence-corrected chi connectivity index (χ2v) is 8.00. The number of fused-ring (bicyclic) bond motifs is 1. The van der Waals surface area contributed by atoms with Crippen LogP contribution in [0.15, 0.2) is 51.7 Å². The third-order valence-corrected chi connectivity index (χ3v) is 6.20. The van der Waals surface area contributed by atoms with Crippen LogP contribution in [0, 0.1) is 0 Å². The third kappa shape index (κ3) is 3.54. The molecule has 4 rings (SSSR count). The molecule has 4 nitrogen and oxygen atoms in total. The van der Waals surface area contributed by atoms with Gasteiger partial charge in [-0.1, -0.05) is 48.9 Å². The van der Waals surface area contributed by atoms with Gasteiger partial charge >= 0.3 is 5.63 Å². The number of quaternary nitrogens is 1. The zero-order chi connectivity index (χ0) is 19.7. The van der Waals surface area contributed by atoms with Crippen molar-refractivity contribution in [3.05, 3.63) is 63.5 Å². The van der Waals surface area contributed by atoms with Gasteiger partial charge in [0.25, 0.3) is 0 Å². The quantitative estimate of drug-likeness (QED) is 0.648. The summed E-state index contributed by atoms with van der Waals surface area (Å²) >= 11 is 6.40. The van der Waals surface area contributed by atoms with Crippen LogP contribution in [0.3, 0.4) is 0 Å². The Bertz CT molecular complexity index is 1050. The molecule has 1 saturated heterocycles. The van der Waals surface area contributed by atoms with E-state index in [2.05, 4.69) is 6.92 Å². The van der Waals surface area contributed by atoms with Gasteiger partial charge in [0.05, 0.1) is 23.2 Å². The Morgan fingerprint density at radius 1 is 1.21 bits per heavy atom. The van der Waals surface area contributed by atoms with Crippen LogP contribution in [0.5, 0.6) is 5.75 Å².